The largest absolute Gasteiger partial charge is 0.460 e. The van der Waals surface area contributed by atoms with E-state index < -0.39 is 5.97 Å². The van der Waals surface area contributed by atoms with Gasteiger partial charge in [-0.3, -0.25) is 0 Å². The maximum Gasteiger partial charge on any atom is 0.443 e. The smallest absolute Gasteiger partial charge is 0.443 e. The summed E-state index contributed by atoms with van der Waals surface area (Å²) in [7, 11) is 1.18. The topological polar surface area (TPSA) is 88.7 Å². The molecule has 1 rings (SSSR count). The lowest BCUT2D eigenvalue weighted by molar-refractivity contribution is -0.137. The standard InChI is InChI=1S/C7H7N3O3/c1-4-3-5(13-10-4)6(9-8)7(11)12-2/h3H,1-2H3. The number of methoxy groups -OCH3 is 1. The molecule has 0 amide bonds. The van der Waals surface area contributed by atoms with E-state index in [2.05, 4.69) is 14.7 Å². The highest BCUT2D eigenvalue weighted by molar-refractivity contribution is 6.39. The van der Waals surface area contributed by atoms with Gasteiger partial charge in [0, 0.05) is 6.07 Å². The number of rotatable bonds is 2. The third kappa shape index (κ3) is 1.80. The van der Waals surface area contributed by atoms with Crippen LogP contribution in [0.2, 0.25) is 0 Å². The highest BCUT2D eigenvalue weighted by Gasteiger charge is 2.27. The number of hydrogen-bond donors (Lipinski definition) is 0. The Labute approximate surface area is 73.7 Å². The predicted molar refractivity (Wildman–Crippen MR) is 41.0 cm³/mol. The van der Waals surface area contributed by atoms with Crippen molar-refractivity contribution in [3.63, 3.8) is 0 Å². The van der Waals surface area contributed by atoms with Crippen molar-refractivity contribution < 1.29 is 18.8 Å². The molecule has 0 aromatic carbocycles. The maximum absolute atomic E-state index is 11.0. The monoisotopic (exact) mass is 181 g/mol. The molecular formula is C7H7N3O3. The Hall–Kier alpha value is -1.94. The number of esters is 1. The van der Waals surface area contributed by atoms with Gasteiger partial charge in [-0.1, -0.05) is 5.16 Å². The van der Waals surface area contributed by atoms with Crippen LogP contribution in [0.25, 0.3) is 5.53 Å². The van der Waals surface area contributed by atoms with Crippen molar-refractivity contribution in [3.8, 4) is 0 Å². The van der Waals surface area contributed by atoms with Crippen molar-refractivity contribution in [2.75, 3.05) is 7.11 Å². The zero-order valence-corrected chi connectivity index (χ0v) is 7.14. The molecule has 0 radical (unpaired) electrons. The first-order valence-electron chi connectivity index (χ1n) is 3.43. The third-order valence-electron chi connectivity index (χ3n) is 1.34. The second kappa shape index (κ2) is 3.64. The van der Waals surface area contributed by atoms with Crippen LogP contribution in [0.3, 0.4) is 0 Å². The zero-order valence-electron chi connectivity index (χ0n) is 7.14. The van der Waals surface area contributed by atoms with Gasteiger partial charge in [-0.25, -0.2) is 4.79 Å². The highest BCUT2D eigenvalue weighted by atomic mass is 16.5. The fourth-order valence-electron chi connectivity index (χ4n) is 0.763. The van der Waals surface area contributed by atoms with Crippen molar-refractivity contribution in [3.05, 3.63) is 23.1 Å². The molecule has 6 nitrogen and oxygen atoms in total. The normalized spacial score (nSPS) is 9.08. The fourth-order valence-corrected chi connectivity index (χ4v) is 0.763. The molecule has 1 heterocycles. The van der Waals surface area contributed by atoms with Crippen molar-refractivity contribution in [1.29, 1.82) is 0 Å². The van der Waals surface area contributed by atoms with Crippen LogP contribution in [0, 0.1) is 6.92 Å². The predicted octanol–water partition coefficient (Wildman–Crippen LogP) is 0.175. The van der Waals surface area contributed by atoms with Gasteiger partial charge in [0.15, 0.2) is 0 Å². The van der Waals surface area contributed by atoms with Gasteiger partial charge >= 0.3 is 11.7 Å². The number of aryl methyl sites for hydroxylation is 1. The summed E-state index contributed by atoms with van der Waals surface area (Å²) >= 11 is 0. The van der Waals surface area contributed by atoms with Crippen LogP contribution >= 0.6 is 0 Å². The van der Waals surface area contributed by atoms with Crippen LogP contribution in [0.4, 0.5) is 0 Å². The molecule has 0 saturated heterocycles. The second-order valence-electron chi connectivity index (χ2n) is 2.27. The Kier molecular flexibility index (Phi) is 2.56. The van der Waals surface area contributed by atoms with E-state index in [0.29, 0.717) is 5.69 Å². The summed E-state index contributed by atoms with van der Waals surface area (Å²) in [5.74, 6) is -0.703. The lowest BCUT2D eigenvalue weighted by Gasteiger charge is -1.88. The summed E-state index contributed by atoms with van der Waals surface area (Å²) in [6.07, 6.45) is 0. The summed E-state index contributed by atoms with van der Waals surface area (Å²) < 4.78 is 9.05. The van der Waals surface area contributed by atoms with Crippen LogP contribution in [0.1, 0.15) is 11.5 Å². The highest BCUT2D eigenvalue weighted by Crippen LogP contribution is 2.03. The molecule has 0 aliphatic heterocycles. The molecular weight excluding hydrogens is 174 g/mol. The van der Waals surface area contributed by atoms with Gasteiger partial charge < -0.3 is 14.8 Å². The fraction of sp³-hybridized carbons (Fsp3) is 0.286. The number of carbonyl (C=O) groups excluding carboxylic acids is 1. The summed E-state index contributed by atoms with van der Waals surface area (Å²) in [5, 5.41) is 3.53. The van der Waals surface area contributed by atoms with Crippen LogP contribution in [0.15, 0.2) is 10.6 Å². The molecule has 0 spiro atoms. The molecule has 0 aliphatic rings. The minimum Gasteiger partial charge on any atom is -0.460 e. The molecule has 0 bridgehead atoms. The molecule has 0 saturated carbocycles. The number of ether oxygens (including phenoxy) is 1. The molecule has 0 aliphatic carbocycles. The van der Waals surface area contributed by atoms with Crippen LogP contribution in [-0.2, 0) is 9.53 Å². The molecule has 6 heteroatoms. The van der Waals surface area contributed by atoms with Gasteiger partial charge in [0.05, 0.1) is 12.8 Å². The lowest BCUT2D eigenvalue weighted by atomic mass is 10.3. The molecule has 0 atom stereocenters. The first-order chi connectivity index (χ1) is 6.19. The van der Waals surface area contributed by atoms with Crippen molar-refractivity contribution in [2.45, 2.75) is 6.92 Å². The van der Waals surface area contributed by atoms with Crippen LogP contribution in [-0.4, -0.2) is 28.7 Å². The molecule has 0 N–H and O–H groups in total. The first kappa shape index (κ1) is 9.15. The number of nitrogens with zero attached hydrogens (tertiary/aromatic N) is 3. The molecule has 1 aromatic rings. The van der Waals surface area contributed by atoms with Gasteiger partial charge in [-0.15, -0.1) is 0 Å². The van der Waals surface area contributed by atoms with E-state index >= 15 is 0 Å². The summed E-state index contributed by atoms with van der Waals surface area (Å²) in [4.78, 5) is 13.7. The molecule has 68 valence electrons. The minimum atomic E-state index is -0.779. The Morgan fingerprint density at radius 1 is 1.77 bits per heavy atom. The van der Waals surface area contributed by atoms with E-state index in [4.69, 9.17) is 10.1 Å². The Bertz CT molecular complexity index is 376. The van der Waals surface area contributed by atoms with Gasteiger partial charge in [0.25, 0.3) is 5.76 Å². The minimum absolute atomic E-state index is 0.0758. The Morgan fingerprint density at radius 2 is 2.46 bits per heavy atom. The van der Waals surface area contributed by atoms with Gasteiger partial charge in [-0.05, 0) is 6.92 Å². The molecule has 0 unspecified atom stereocenters. The summed E-state index contributed by atoms with van der Waals surface area (Å²) in [6.45, 7) is 1.68. The zero-order chi connectivity index (χ0) is 9.84. The SMILES string of the molecule is COC(=O)C(=[N+]=[N-])c1cc(C)no1. The molecule has 1 aromatic heterocycles. The summed E-state index contributed by atoms with van der Waals surface area (Å²) in [6, 6.07) is 1.46. The Balaban J connectivity index is 3.06. The van der Waals surface area contributed by atoms with E-state index in [0.717, 1.165) is 0 Å². The maximum atomic E-state index is 11.0. The van der Waals surface area contributed by atoms with Crippen LogP contribution < -0.4 is 0 Å². The van der Waals surface area contributed by atoms with E-state index in [9.17, 15) is 4.79 Å². The van der Waals surface area contributed by atoms with Crippen molar-refractivity contribution in [1.82, 2.24) is 5.16 Å². The average molecular weight is 181 g/mol. The van der Waals surface area contributed by atoms with Gasteiger partial charge in [-0.2, -0.15) is 4.79 Å². The summed E-state index contributed by atoms with van der Waals surface area (Å²) in [5.41, 5.74) is 8.77. The van der Waals surface area contributed by atoms with Crippen LogP contribution in [0.5, 0.6) is 0 Å². The van der Waals surface area contributed by atoms with Crippen molar-refractivity contribution in [2.24, 2.45) is 0 Å². The van der Waals surface area contributed by atoms with E-state index in [-0.39, 0.29) is 11.5 Å². The number of aromatic nitrogens is 1. The molecule has 13 heavy (non-hydrogen) atoms. The van der Waals surface area contributed by atoms with E-state index in [1.807, 2.05) is 0 Å². The average Bonchev–Trinajstić information content (AvgIpc) is 2.53. The number of carbonyl (C=O) groups is 1. The third-order valence-corrected chi connectivity index (χ3v) is 1.34. The van der Waals surface area contributed by atoms with E-state index in [1.165, 1.54) is 13.2 Å². The van der Waals surface area contributed by atoms with Crippen molar-refractivity contribution >= 4 is 11.7 Å². The second-order valence-corrected chi connectivity index (χ2v) is 2.27. The van der Waals surface area contributed by atoms with E-state index in [1.54, 1.807) is 6.92 Å². The quantitative estimate of drug-likeness (QED) is 0.281. The first-order valence-corrected chi connectivity index (χ1v) is 3.43. The van der Waals surface area contributed by atoms with Gasteiger partial charge in [0.2, 0.25) is 0 Å². The lowest BCUT2D eigenvalue weighted by Crippen LogP contribution is -2.17. The Morgan fingerprint density at radius 3 is 2.85 bits per heavy atom. The van der Waals surface area contributed by atoms with Gasteiger partial charge in [0.1, 0.15) is 0 Å². The molecule has 0 fully saturated rings. The number of hydrogen-bond acceptors (Lipinski definition) is 4.